The quantitative estimate of drug-likeness (QED) is 0.768. The van der Waals surface area contributed by atoms with E-state index < -0.39 is 5.41 Å². The van der Waals surface area contributed by atoms with Crippen molar-refractivity contribution in [1.82, 2.24) is 5.32 Å². The van der Waals surface area contributed by atoms with E-state index >= 15 is 0 Å². The fourth-order valence-corrected chi connectivity index (χ4v) is 4.25. The maximum atomic E-state index is 13.0. The van der Waals surface area contributed by atoms with E-state index in [0.717, 1.165) is 44.3 Å². The average Bonchev–Trinajstić information content (AvgIpc) is 2.69. The zero-order valence-corrected chi connectivity index (χ0v) is 17.0. The first-order chi connectivity index (χ1) is 14.1. The highest BCUT2D eigenvalue weighted by Crippen LogP contribution is 2.44. The SMILES string of the molecule is O=C(Nc1ccc(C2(C(=O)NC3CCCOC3)CCC2)cc1)c1cccc(Cl)c1. The van der Waals surface area contributed by atoms with Gasteiger partial charge < -0.3 is 15.4 Å². The van der Waals surface area contributed by atoms with Crippen molar-refractivity contribution in [2.75, 3.05) is 18.5 Å². The molecule has 2 aliphatic rings. The highest BCUT2D eigenvalue weighted by molar-refractivity contribution is 6.31. The molecule has 0 radical (unpaired) electrons. The van der Waals surface area contributed by atoms with Crippen molar-refractivity contribution in [3.05, 3.63) is 64.7 Å². The van der Waals surface area contributed by atoms with Gasteiger partial charge in [-0.1, -0.05) is 36.2 Å². The molecule has 2 aromatic rings. The highest BCUT2D eigenvalue weighted by atomic mass is 35.5. The van der Waals surface area contributed by atoms with E-state index in [1.165, 1.54) is 0 Å². The summed E-state index contributed by atoms with van der Waals surface area (Å²) in [6, 6.07) is 14.5. The van der Waals surface area contributed by atoms with E-state index in [0.29, 0.717) is 22.9 Å². The molecule has 1 unspecified atom stereocenters. The molecule has 1 atom stereocenters. The number of benzene rings is 2. The summed E-state index contributed by atoms with van der Waals surface area (Å²) >= 11 is 5.96. The van der Waals surface area contributed by atoms with Crippen molar-refractivity contribution in [1.29, 1.82) is 0 Å². The van der Waals surface area contributed by atoms with Crippen molar-refractivity contribution >= 4 is 29.1 Å². The minimum Gasteiger partial charge on any atom is -0.379 e. The van der Waals surface area contributed by atoms with Gasteiger partial charge in [0.2, 0.25) is 5.91 Å². The molecule has 2 amide bonds. The number of ether oxygens (including phenoxy) is 1. The monoisotopic (exact) mass is 412 g/mol. The first-order valence-electron chi connectivity index (χ1n) is 10.1. The van der Waals surface area contributed by atoms with E-state index in [9.17, 15) is 9.59 Å². The van der Waals surface area contributed by atoms with Crippen molar-refractivity contribution in [3.63, 3.8) is 0 Å². The highest BCUT2D eigenvalue weighted by Gasteiger charge is 2.46. The van der Waals surface area contributed by atoms with Gasteiger partial charge in [-0.05, 0) is 61.6 Å². The molecule has 5 nitrogen and oxygen atoms in total. The van der Waals surface area contributed by atoms with Crippen molar-refractivity contribution < 1.29 is 14.3 Å². The summed E-state index contributed by atoms with van der Waals surface area (Å²) in [5.41, 5.74) is 1.73. The molecule has 0 spiro atoms. The van der Waals surface area contributed by atoms with Crippen LogP contribution in [0.3, 0.4) is 0 Å². The molecule has 1 aliphatic carbocycles. The molecule has 0 bridgehead atoms. The molecule has 2 fully saturated rings. The summed E-state index contributed by atoms with van der Waals surface area (Å²) in [7, 11) is 0. The van der Waals surface area contributed by atoms with Gasteiger partial charge in [0.1, 0.15) is 0 Å². The zero-order valence-electron chi connectivity index (χ0n) is 16.2. The topological polar surface area (TPSA) is 67.4 Å². The zero-order chi connectivity index (χ0) is 20.3. The van der Waals surface area contributed by atoms with E-state index in [4.69, 9.17) is 16.3 Å². The Kier molecular flexibility index (Phi) is 5.88. The number of rotatable bonds is 5. The van der Waals surface area contributed by atoms with Gasteiger partial charge in [0.25, 0.3) is 5.91 Å². The van der Waals surface area contributed by atoms with E-state index in [2.05, 4.69) is 10.6 Å². The van der Waals surface area contributed by atoms with Gasteiger partial charge in [0.05, 0.1) is 18.1 Å². The Morgan fingerprint density at radius 1 is 1.07 bits per heavy atom. The lowest BCUT2D eigenvalue weighted by atomic mass is 9.63. The largest absolute Gasteiger partial charge is 0.379 e. The Bertz CT molecular complexity index is 887. The molecular formula is C23H25ClN2O3. The Labute approximate surface area is 175 Å². The summed E-state index contributed by atoms with van der Waals surface area (Å²) in [6.45, 7) is 1.37. The number of anilines is 1. The minimum absolute atomic E-state index is 0.0926. The summed E-state index contributed by atoms with van der Waals surface area (Å²) in [4.78, 5) is 25.4. The van der Waals surface area contributed by atoms with Crippen LogP contribution in [0.1, 0.15) is 48.0 Å². The Hall–Kier alpha value is -2.37. The second-order valence-electron chi connectivity index (χ2n) is 7.87. The fraction of sp³-hybridized carbons (Fsp3) is 0.391. The molecule has 2 N–H and O–H groups in total. The van der Waals surface area contributed by atoms with Gasteiger partial charge in [0.15, 0.2) is 0 Å². The molecule has 6 heteroatoms. The molecule has 4 rings (SSSR count). The van der Waals surface area contributed by atoms with Crippen LogP contribution in [0.5, 0.6) is 0 Å². The molecule has 1 saturated carbocycles. The van der Waals surface area contributed by atoms with Gasteiger partial charge in [-0.2, -0.15) is 0 Å². The second-order valence-corrected chi connectivity index (χ2v) is 8.30. The van der Waals surface area contributed by atoms with Crippen LogP contribution < -0.4 is 10.6 Å². The minimum atomic E-state index is -0.465. The average molecular weight is 413 g/mol. The van der Waals surface area contributed by atoms with Gasteiger partial charge in [0, 0.05) is 22.9 Å². The number of hydrogen-bond donors (Lipinski definition) is 2. The van der Waals surface area contributed by atoms with E-state index in [1.54, 1.807) is 24.3 Å². The maximum absolute atomic E-state index is 13.0. The molecule has 152 valence electrons. The normalized spacial score (nSPS) is 20.4. The van der Waals surface area contributed by atoms with Gasteiger partial charge in [-0.25, -0.2) is 0 Å². The van der Waals surface area contributed by atoms with Crippen LogP contribution in [0.4, 0.5) is 5.69 Å². The van der Waals surface area contributed by atoms with Gasteiger partial charge in [-0.3, -0.25) is 9.59 Å². The number of hydrogen-bond acceptors (Lipinski definition) is 3. The van der Waals surface area contributed by atoms with Crippen molar-refractivity contribution in [2.45, 2.75) is 43.6 Å². The third-order valence-electron chi connectivity index (χ3n) is 5.92. The molecule has 1 aliphatic heterocycles. The molecule has 1 saturated heterocycles. The smallest absolute Gasteiger partial charge is 0.255 e. The fourth-order valence-electron chi connectivity index (χ4n) is 4.06. The predicted molar refractivity (Wildman–Crippen MR) is 113 cm³/mol. The van der Waals surface area contributed by atoms with Crippen LogP contribution in [-0.2, 0) is 14.9 Å². The number of nitrogens with one attached hydrogen (secondary N) is 2. The van der Waals surface area contributed by atoms with Crippen LogP contribution in [0.15, 0.2) is 48.5 Å². The molecule has 2 aromatic carbocycles. The predicted octanol–water partition coefficient (Wildman–Crippen LogP) is 4.31. The van der Waals surface area contributed by atoms with Crippen LogP contribution in [0, 0.1) is 0 Å². The third kappa shape index (κ3) is 4.31. The molecule has 0 aromatic heterocycles. The summed E-state index contributed by atoms with van der Waals surface area (Å²) in [5, 5.41) is 6.59. The van der Waals surface area contributed by atoms with Crippen LogP contribution in [0.2, 0.25) is 5.02 Å². The van der Waals surface area contributed by atoms with E-state index in [-0.39, 0.29) is 17.9 Å². The summed E-state index contributed by atoms with van der Waals surface area (Å²) < 4.78 is 5.49. The van der Waals surface area contributed by atoms with E-state index in [1.807, 2.05) is 24.3 Å². The van der Waals surface area contributed by atoms with Gasteiger partial charge >= 0.3 is 0 Å². The lowest BCUT2D eigenvalue weighted by Crippen LogP contribution is -2.53. The Morgan fingerprint density at radius 2 is 1.86 bits per heavy atom. The molecule has 29 heavy (non-hydrogen) atoms. The first kappa shape index (κ1) is 19.9. The maximum Gasteiger partial charge on any atom is 0.255 e. The lowest BCUT2D eigenvalue weighted by Gasteiger charge is -2.42. The van der Waals surface area contributed by atoms with Crippen molar-refractivity contribution in [2.24, 2.45) is 0 Å². The number of halogens is 1. The Balaban J connectivity index is 1.44. The second kappa shape index (κ2) is 8.56. The number of carbonyl (C=O) groups excluding carboxylic acids is 2. The van der Waals surface area contributed by atoms with Crippen LogP contribution >= 0.6 is 11.6 Å². The standard InChI is InChI=1S/C23H25ClN2O3/c24-18-5-1-4-16(14-18)21(27)25-19-9-7-17(8-10-19)23(11-3-12-23)22(28)26-20-6-2-13-29-15-20/h1,4-5,7-10,14,20H,2-3,6,11-13,15H2,(H,25,27)(H,26,28). The molecular weight excluding hydrogens is 388 g/mol. The Morgan fingerprint density at radius 3 is 2.48 bits per heavy atom. The summed E-state index contributed by atoms with van der Waals surface area (Å²) in [5.74, 6) is -0.122. The number of amides is 2. The third-order valence-corrected chi connectivity index (χ3v) is 6.15. The first-order valence-corrected chi connectivity index (χ1v) is 10.5. The summed E-state index contributed by atoms with van der Waals surface area (Å²) in [6.07, 6.45) is 4.69. The lowest BCUT2D eigenvalue weighted by molar-refractivity contribution is -0.131. The van der Waals surface area contributed by atoms with Crippen LogP contribution in [0.25, 0.3) is 0 Å². The van der Waals surface area contributed by atoms with Crippen LogP contribution in [-0.4, -0.2) is 31.1 Å². The number of carbonyl (C=O) groups is 2. The van der Waals surface area contributed by atoms with Gasteiger partial charge in [-0.15, -0.1) is 0 Å². The molecule has 1 heterocycles. The van der Waals surface area contributed by atoms with Crippen molar-refractivity contribution in [3.8, 4) is 0 Å².